The SMILES string of the molecule is CCCCCCCCCCCCCCCCCCCCCCCCC/C=C/CC(CC(=O)OCCC)C(=O)O. The van der Waals surface area contributed by atoms with E-state index in [4.69, 9.17) is 4.74 Å². The topological polar surface area (TPSA) is 63.6 Å². The average molecular weight is 551 g/mol. The number of hydrogen-bond acceptors (Lipinski definition) is 3. The fourth-order valence-corrected chi connectivity index (χ4v) is 5.17. The van der Waals surface area contributed by atoms with Gasteiger partial charge in [0.2, 0.25) is 0 Å². The Morgan fingerprint density at radius 3 is 1.31 bits per heavy atom. The molecule has 230 valence electrons. The fraction of sp³-hybridized carbons (Fsp3) is 0.886. The lowest BCUT2D eigenvalue weighted by molar-refractivity contribution is -0.151. The van der Waals surface area contributed by atoms with Crippen molar-refractivity contribution in [2.45, 2.75) is 187 Å². The van der Waals surface area contributed by atoms with E-state index in [-0.39, 0.29) is 6.42 Å². The maximum Gasteiger partial charge on any atom is 0.307 e. The summed E-state index contributed by atoms with van der Waals surface area (Å²) < 4.78 is 5.01. The van der Waals surface area contributed by atoms with Crippen LogP contribution in [-0.4, -0.2) is 23.7 Å². The lowest BCUT2D eigenvalue weighted by atomic mass is 10.0. The molecule has 1 unspecified atom stereocenters. The van der Waals surface area contributed by atoms with E-state index < -0.39 is 17.9 Å². The van der Waals surface area contributed by atoms with Crippen LogP contribution < -0.4 is 0 Å². The van der Waals surface area contributed by atoms with Gasteiger partial charge in [0.1, 0.15) is 0 Å². The van der Waals surface area contributed by atoms with Gasteiger partial charge in [0.25, 0.3) is 0 Å². The highest BCUT2D eigenvalue weighted by Gasteiger charge is 2.20. The van der Waals surface area contributed by atoms with Crippen molar-refractivity contribution in [1.82, 2.24) is 0 Å². The second-order valence-electron chi connectivity index (χ2n) is 11.7. The first kappa shape index (κ1) is 37.7. The molecule has 0 aromatic rings. The van der Waals surface area contributed by atoms with Crippen molar-refractivity contribution in [2.24, 2.45) is 5.92 Å². The van der Waals surface area contributed by atoms with E-state index in [0.717, 1.165) is 19.3 Å². The number of esters is 1. The van der Waals surface area contributed by atoms with E-state index in [2.05, 4.69) is 13.0 Å². The first-order chi connectivity index (χ1) is 19.1. The Morgan fingerprint density at radius 1 is 0.564 bits per heavy atom. The second kappa shape index (κ2) is 31.2. The summed E-state index contributed by atoms with van der Waals surface area (Å²) in [5, 5.41) is 9.30. The van der Waals surface area contributed by atoms with E-state index in [0.29, 0.717) is 13.0 Å². The molecule has 0 aromatic heterocycles. The smallest absolute Gasteiger partial charge is 0.307 e. The Labute approximate surface area is 243 Å². The summed E-state index contributed by atoms with van der Waals surface area (Å²) in [4.78, 5) is 23.0. The summed E-state index contributed by atoms with van der Waals surface area (Å²) in [6, 6.07) is 0. The molecule has 39 heavy (non-hydrogen) atoms. The maximum absolute atomic E-state index is 11.7. The average Bonchev–Trinajstić information content (AvgIpc) is 2.93. The van der Waals surface area contributed by atoms with Crippen LogP contribution in [0.1, 0.15) is 187 Å². The zero-order chi connectivity index (χ0) is 28.7. The third kappa shape index (κ3) is 29.5. The molecule has 0 aliphatic rings. The predicted molar refractivity (Wildman–Crippen MR) is 167 cm³/mol. The van der Waals surface area contributed by atoms with E-state index in [9.17, 15) is 14.7 Å². The van der Waals surface area contributed by atoms with Crippen LogP contribution >= 0.6 is 0 Å². The lowest BCUT2D eigenvalue weighted by Crippen LogP contribution is -2.19. The molecular formula is C35H66O4. The number of carboxylic acid groups (broad SMARTS) is 1. The van der Waals surface area contributed by atoms with E-state index in [1.54, 1.807) is 0 Å². The monoisotopic (exact) mass is 550 g/mol. The van der Waals surface area contributed by atoms with Crippen LogP contribution in [0, 0.1) is 5.92 Å². The van der Waals surface area contributed by atoms with E-state index in [1.165, 1.54) is 141 Å². The number of ether oxygens (including phenoxy) is 1. The molecule has 0 saturated heterocycles. The lowest BCUT2D eigenvalue weighted by Gasteiger charge is -2.09. The second-order valence-corrected chi connectivity index (χ2v) is 11.7. The van der Waals surface area contributed by atoms with E-state index >= 15 is 0 Å². The Morgan fingerprint density at radius 2 is 0.949 bits per heavy atom. The molecular weight excluding hydrogens is 484 g/mol. The van der Waals surface area contributed by atoms with Crippen LogP contribution in [0.4, 0.5) is 0 Å². The summed E-state index contributed by atoms with van der Waals surface area (Å²) in [7, 11) is 0. The molecule has 0 fully saturated rings. The third-order valence-electron chi connectivity index (χ3n) is 7.79. The fourth-order valence-electron chi connectivity index (χ4n) is 5.17. The zero-order valence-corrected chi connectivity index (χ0v) is 26.2. The van der Waals surface area contributed by atoms with Crippen LogP contribution in [0.2, 0.25) is 0 Å². The highest BCUT2D eigenvalue weighted by molar-refractivity contribution is 5.78. The molecule has 0 rings (SSSR count). The maximum atomic E-state index is 11.7. The molecule has 4 nitrogen and oxygen atoms in total. The van der Waals surface area contributed by atoms with E-state index in [1.807, 2.05) is 13.0 Å². The number of carbonyl (C=O) groups excluding carboxylic acids is 1. The molecule has 4 heteroatoms. The molecule has 0 bridgehead atoms. The van der Waals surface area contributed by atoms with Crippen molar-refractivity contribution < 1.29 is 19.4 Å². The number of aliphatic carboxylic acids is 1. The van der Waals surface area contributed by atoms with Crippen LogP contribution in [0.3, 0.4) is 0 Å². The highest BCUT2D eigenvalue weighted by Crippen LogP contribution is 2.16. The van der Waals surface area contributed by atoms with Crippen molar-refractivity contribution in [3.05, 3.63) is 12.2 Å². The van der Waals surface area contributed by atoms with Gasteiger partial charge in [-0.1, -0.05) is 167 Å². The van der Waals surface area contributed by atoms with Gasteiger partial charge >= 0.3 is 11.9 Å². The molecule has 0 amide bonds. The van der Waals surface area contributed by atoms with Crippen molar-refractivity contribution in [1.29, 1.82) is 0 Å². The van der Waals surface area contributed by atoms with Gasteiger partial charge in [0.05, 0.1) is 18.9 Å². The number of rotatable bonds is 31. The van der Waals surface area contributed by atoms with Gasteiger partial charge in [-0.05, 0) is 25.7 Å². The molecule has 0 aromatic carbocycles. The van der Waals surface area contributed by atoms with Crippen molar-refractivity contribution in [3.8, 4) is 0 Å². The van der Waals surface area contributed by atoms with Crippen LogP contribution in [0.5, 0.6) is 0 Å². The molecule has 0 heterocycles. The predicted octanol–water partition coefficient (Wildman–Crippen LogP) is 11.4. The summed E-state index contributed by atoms with van der Waals surface area (Å²) in [5.41, 5.74) is 0. The summed E-state index contributed by atoms with van der Waals surface area (Å²) in [5.74, 6) is -2.01. The van der Waals surface area contributed by atoms with Crippen molar-refractivity contribution >= 4 is 11.9 Å². The van der Waals surface area contributed by atoms with Gasteiger partial charge in [-0.15, -0.1) is 0 Å². The highest BCUT2D eigenvalue weighted by atomic mass is 16.5. The van der Waals surface area contributed by atoms with Gasteiger partial charge in [-0.2, -0.15) is 0 Å². The first-order valence-electron chi connectivity index (χ1n) is 17.1. The molecule has 0 radical (unpaired) electrons. The summed E-state index contributed by atoms with van der Waals surface area (Å²) in [6.45, 7) is 4.58. The van der Waals surface area contributed by atoms with Gasteiger partial charge in [0, 0.05) is 0 Å². The Kier molecular flexibility index (Phi) is 30.2. The quantitative estimate of drug-likeness (QED) is 0.0529. The summed E-state index contributed by atoms with van der Waals surface area (Å²) in [6.07, 6.45) is 38.3. The minimum atomic E-state index is -0.923. The minimum Gasteiger partial charge on any atom is -0.481 e. The minimum absolute atomic E-state index is 0.0425. The first-order valence-corrected chi connectivity index (χ1v) is 17.1. The Hall–Kier alpha value is -1.32. The van der Waals surface area contributed by atoms with Crippen LogP contribution in [-0.2, 0) is 14.3 Å². The van der Waals surface area contributed by atoms with Gasteiger partial charge in [-0.25, -0.2) is 0 Å². The number of unbranched alkanes of at least 4 members (excludes halogenated alkanes) is 23. The largest absolute Gasteiger partial charge is 0.481 e. The number of allylic oxidation sites excluding steroid dienone is 2. The van der Waals surface area contributed by atoms with Crippen LogP contribution in [0.15, 0.2) is 12.2 Å². The Balaban J connectivity index is 3.33. The number of carboxylic acids is 1. The zero-order valence-electron chi connectivity index (χ0n) is 26.2. The molecule has 0 aliphatic carbocycles. The molecule has 0 saturated carbocycles. The van der Waals surface area contributed by atoms with Gasteiger partial charge < -0.3 is 9.84 Å². The summed E-state index contributed by atoms with van der Waals surface area (Å²) >= 11 is 0. The standard InChI is InChI=1S/C35H66O4/c1-3-5-6-7-8-9-10-11-12-13-14-15-16-17-18-19-20-21-22-23-24-25-26-27-28-29-30-33(35(37)38)32-34(36)39-31-4-2/h28-29,33H,3-27,30-32H2,1-2H3,(H,37,38)/b29-28+. The van der Waals surface area contributed by atoms with Crippen molar-refractivity contribution in [3.63, 3.8) is 0 Å². The number of carbonyl (C=O) groups is 2. The normalized spacial score (nSPS) is 12.3. The molecule has 0 aliphatic heterocycles. The Bertz CT molecular complexity index is 557. The molecule has 1 N–H and O–H groups in total. The third-order valence-corrected chi connectivity index (χ3v) is 7.79. The molecule has 1 atom stereocenters. The van der Waals surface area contributed by atoms with Crippen LogP contribution in [0.25, 0.3) is 0 Å². The van der Waals surface area contributed by atoms with Crippen molar-refractivity contribution in [2.75, 3.05) is 6.61 Å². The van der Waals surface area contributed by atoms with Gasteiger partial charge in [0.15, 0.2) is 0 Å². The molecule has 0 spiro atoms. The number of hydrogen-bond donors (Lipinski definition) is 1. The van der Waals surface area contributed by atoms with Gasteiger partial charge in [-0.3, -0.25) is 9.59 Å².